The molecule has 148 valence electrons. The highest BCUT2D eigenvalue weighted by atomic mass is 19.1. The van der Waals surface area contributed by atoms with E-state index >= 15 is 0 Å². The zero-order valence-electron chi connectivity index (χ0n) is 16.5. The summed E-state index contributed by atoms with van der Waals surface area (Å²) in [6.07, 6.45) is 1.55. The Kier molecular flexibility index (Phi) is 4.66. The number of aryl methyl sites for hydroxylation is 1. The number of rotatable bonds is 4. The number of aromatic nitrogens is 4. The lowest BCUT2D eigenvalue weighted by atomic mass is 10.1. The predicted molar refractivity (Wildman–Crippen MR) is 110 cm³/mol. The zero-order chi connectivity index (χ0) is 20.7. The largest absolute Gasteiger partial charge is 0.337 e. The van der Waals surface area contributed by atoms with Gasteiger partial charge in [-0.25, -0.2) is 18.7 Å². The van der Waals surface area contributed by atoms with Crippen LogP contribution in [0.4, 0.5) is 4.39 Å². The molecule has 7 heteroatoms. The molecule has 0 atom stereocenters. The average molecular weight is 392 g/mol. The summed E-state index contributed by atoms with van der Waals surface area (Å²) in [5, 5.41) is 0. The lowest BCUT2D eigenvalue weighted by molar-refractivity contribution is 0.538. The predicted octanol–water partition coefficient (Wildman–Crippen LogP) is 3.43. The third-order valence-corrected chi connectivity index (χ3v) is 5.03. The lowest BCUT2D eigenvalue weighted by Gasteiger charge is -2.15. The maximum absolute atomic E-state index is 13.9. The Morgan fingerprint density at radius 2 is 1.83 bits per heavy atom. The normalized spacial score (nSPS) is 11.5. The van der Waals surface area contributed by atoms with Crippen molar-refractivity contribution in [2.75, 3.05) is 0 Å². The van der Waals surface area contributed by atoms with Crippen molar-refractivity contribution in [2.24, 2.45) is 0 Å². The molecular weight excluding hydrogens is 371 g/mol. The van der Waals surface area contributed by atoms with Crippen LogP contribution in [0.3, 0.4) is 0 Å². The van der Waals surface area contributed by atoms with Gasteiger partial charge in [-0.2, -0.15) is 0 Å². The first-order chi connectivity index (χ1) is 13.9. The molecule has 2 aromatic carbocycles. The van der Waals surface area contributed by atoms with Gasteiger partial charge in [0, 0.05) is 12.6 Å². The first-order valence-electron chi connectivity index (χ1n) is 9.41. The van der Waals surface area contributed by atoms with E-state index in [1.165, 1.54) is 27.3 Å². The highest BCUT2D eigenvalue weighted by Gasteiger charge is 2.21. The summed E-state index contributed by atoms with van der Waals surface area (Å²) in [5.41, 5.74) is 2.06. The standard InChI is InChI=1S/C22H21FN4O2/c1-14(2)26-21(28)19-20(27(22(26)29)18-10-6-9-17(23)11-18)24-13-25(19)12-16-8-5-4-7-15(16)3/h4-11,13-14H,12H2,1-3H3. The van der Waals surface area contributed by atoms with Crippen LogP contribution in [0.5, 0.6) is 0 Å². The summed E-state index contributed by atoms with van der Waals surface area (Å²) in [7, 11) is 0. The Bertz CT molecular complexity index is 1330. The zero-order valence-corrected chi connectivity index (χ0v) is 16.5. The molecule has 0 aliphatic heterocycles. The molecule has 6 nitrogen and oxygen atoms in total. The molecule has 0 amide bonds. The Morgan fingerprint density at radius 1 is 1.07 bits per heavy atom. The molecule has 0 saturated heterocycles. The summed E-state index contributed by atoms with van der Waals surface area (Å²) in [4.78, 5) is 30.7. The number of nitrogens with zero attached hydrogens (tertiary/aromatic N) is 4. The van der Waals surface area contributed by atoms with Crippen molar-refractivity contribution in [1.29, 1.82) is 0 Å². The summed E-state index contributed by atoms with van der Waals surface area (Å²) in [5.74, 6) is -0.468. The molecule has 0 spiro atoms. The van der Waals surface area contributed by atoms with E-state index in [9.17, 15) is 14.0 Å². The summed E-state index contributed by atoms with van der Waals surface area (Å²) in [6.45, 7) is 5.99. The number of halogens is 1. The van der Waals surface area contributed by atoms with Crippen molar-refractivity contribution < 1.29 is 4.39 Å². The number of hydrogen-bond acceptors (Lipinski definition) is 3. The third-order valence-electron chi connectivity index (χ3n) is 5.03. The molecule has 29 heavy (non-hydrogen) atoms. The molecule has 0 bridgehead atoms. The summed E-state index contributed by atoms with van der Waals surface area (Å²) < 4.78 is 18.1. The molecule has 4 aromatic rings. The number of fused-ring (bicyclic) bond motifs is 1. The first kappa shape index (κ1) is 18.9. The maximum atomic E-state index is 13.9. The molecule has 0 radical (unpaired) electrons. The minimum atomic E-state index is -0.538. The van der Waals surface area contributed by atoms with E-state index in [1.807, 2.05) is 31.2 Å². The SMILES string of the molecule is Cc1ccccc1Cn1cnc2c1c(=O)n(C(C)C)c(=O)n2-c1cccc(F)c1. The Labute approximate surface area is 166 Å². The van der Waals surface area contributed by atoms with E-state index < -0.39 is 17.1 Å². The van der Waals surface area contributed by atoms with E-state index in [0.29, 0.717) is 17.7 Å². The van der Waals surface area contributed by atoms with Crippen molar-refractivity contribution >= 4 is 11.2 Å². The number of benzene rings is 2. The maximum Gasteiger partial charge on any atom is 0.337 e. The molecule has 0 saturated carbocycles. The topological polar surface area (TPSA) is 61.8 Å². The first-order valence-corrected chi connectivity index (χ1v) is 9.41. The number of imidazole rings is 1. The lowest BCUT2D eigenvalue weighted by Crippen LogP contribution is -2.41. The van der Waals surface area contributed by atoms with Gasteiger partial charge in [-0.1, -0.05) is 30.3 Å². The average Bonchev–Trinajstić information content (AvgIpc) is 3.07. The number of hydrogen-bond donors (Lipinski definition) is 0. The molecule has 2 aromatic heterocycles. The smallest absolute Gasteiger partial charge is 0.320 e. The minimum absolute atomic E-state index is 0.219. The van der Waals surface area contributed by atoms with Gasteiger partial charge in [-0.05, 0) is 50.1 Å². The van der Waals surface area contributed by atoms with Gasteiger partial charge in [0.1, 0.15) is 5.82 Å². The summed E-state index contributed by atoms with van der Waals surface area (Å²) in [6, 6.07) is 13.2. The van der Waals surface area contributed by atoms with Crippen LogP contribution in [-0.2, 0) is 6.54 Å². The Morgan fingerprint density at radius 3 is 2.52 bits per heavy atom. The Hall–Kier alpha value is -3.48. The van der Waals surface area contributed by atoms with Gasteiger partial charge in [0.2, 0.25) is 0 Å². The fourth-order valence-electron chi connectivity index (χ4n) is 3.55. The van der Waals surface area contributed by atoms with Gasteiger partial charge >= 0.3 is 5.69 Å². The van der Waals surface area contributed by atoms with Crippen molar-refractivity contribution in [1.82, 2.24) is 18.7 Å². The van der Waals surface area contributed by atoms with Gasteiger partial charge in [0.25, 0.3) is 5.56 Å². The molecule has 0 N–H and O–H groups in total. The van der Waals surface area contributed by atoms with Crippen LogP contribution in [0.15, 0.2) is 64.4 Å². The Balaban J connectivity index is 2.05. The molecule has 0 aliphatic rings. The quantitative estimate of drug-likeness (QED) is 0.535. The van der Waals surface area contributed by atoms with Crippen LogP contribution < -0.4 is 11.2 Å². The van der Waals surface area contributed by atoms with Crippen molar-refractivity contribution in [3.05, 3.63) is 92.6 Å². The van der Waals surface area contributed by atoms with E-state index in [4.69, 9.17) is 0 Å². The highest BCUT2D eigenvalue weighted by Crippen LogP contribution is 2.17. The monoisotopic (exact) mass is 392 g/mol. The van der Waals surface area contributed by atoms with Crippen molar-refractivity contribution in [3.63, 3.8) is 0 Å². The molecule has 0 fully saturated rings. The fraction of sp³-hybridized carbons (Fsp3) is 0.227. The minimum Gasteiger partial charge on any atom is -0.320 e. The highest BCUT2D eigenvalue weighted by molar-refractivity contribution is 5.72. The van der Waals surface area contributed by atoms with Crippen LogP contribution in [-0.4, -0.2) is 18.7 Å². The van der Waals surface area contributed by atoms with Gasteiger partial charge in [-0.15, -0.1) is 0 Å². The third kappa shape index (κ3) is 3.18. The van der Waals surface area contributed by atoms with E-state index in [1.54, 1.807) is 30.8 Å². The van der Waals surface area contributed by atoms with Crippen LogP contribution in [0, 0.1) is 12.7 Å². The molecule has 2 heterocycles. The molecule has 0 unspecified atom stereocenters. The summed E-state index contributed by atoms with van der Waals surface area (Å²) >= 11 is 0. The molecule has 0 aliphatic carbocycles. The van der Waals surface area contributed by atoms with Gasteiger partial charge < -0.3 is 4.57 Å². The second-order valence-electron chi connectivity index (χ2n) is 7.34. The molecular formula is C22H21FN4O2. The van der Waals surface area contributed by atoms with E-state index in [-0.39, 0.29) is 11.7 Å². The van der Waals surface area contributed by atoms with Gasteiger partial charge in [0.15, 0.2) is 11.2 Å². The fourth-order valence-corrected chi connectivity index (χ4v) is 3.55. The van der Waals surface area contributed by atoms with Crippen LogP contribution in [0.2, 0.25) is 0 Å². The molecule has 4 rings (SSSR count). The van der Waals surface area contributed by atoms with Crippen LogP contribution in [0.25, 0.3) is 16.9 Å². The van der Waals surface area contributed by atoms with Gasteiger partial charge in [-0.3, -0.25) is 9.36 Å². The van der Waals surface area contributed by atoms with Crippen molar-refractivity contribution in [2.45, 2.75) is 33.4 Å². The van der Waals surface area contributed by atoms with Crippen molar-refractivity contribution in [3.8, 4) is 5.69 Å². The van der Waals surface area contributed by atoms with Crippen LogP contribution in [0.1, 0.15) is 31.0 Å². The van der Waals surface area contributed by atoms with Gasteiger partial charge in [0.05, 0.1) is 12.0 Å². The van der Waals surface area contributed by atoms with E-state index in [2.05, 4.69) is 4.98 Å². The van der Waals surface area contributed by atoms with E-state index in [0.717, 1.165) is 11.1 Å². The second kappa shape index (κ2) is 7.16. The van der Waals surface area contributed by atoms with Crippen LogP contribution >= 0.6 is 0 Å². The second-order valence-corrected chi connectivity index (χ2v) is 7.34.